The topological polar surface area (TPSA) is 119 Å². The molecule has 2 aromatic rings. The van der Waals surface area contributed by atoms with E-state index < -0.39 is 0 Å². The Morgan fingerprint density at radius 2 is 1.58 bits per heavy atom. The van der Waals surface area contributed by atoms with Crippen molar-refractivity contribution in [2.75, 3.05) is 18.5 Å². The molecule has 0 saturated carbocycles. The average Bonchev–Trinajstić information content (AvgIpc) is 3.30. The summed E-state index contributed by atoms with van der Waals surface area (Å²) in [6.07, 6.45) is 1.23. The SMILES string of the molecule is CNC(=O)CCCC(=O)NCCC(=O)N1Cc2ccccc2C2=C(N[NH2+]N2)c2ccccc21. The Balaban J connectivity index is 1.48. The van der Waals surface area contributed by atoms with E-state index in [1.54, 1.807) is 17.5 Å². The van der Waals surface area contributed by atoms with Gasteiger partial charge in [-0.15, -0.1) is 5.53 Å². The molecule has 0 unspecified atom stereocenters. The highest BCUT2D eigenvalue weighted by Crippen LogP contribution is 2.35. The van der Waals surface area contributed by atoms with Crippen LogP contribution in [-0.2, 0) is 20.9 Å². The third-order valence-electron chi connectivity index (χ3n) is 5.81. The van der Waals surface area contributed by atoms with E-state index in [0.717, 1.165) is 33.8 Å². The minimum atomic E-state index is -0.156. The molecule has 0 aromatic heterocycles. The van der Waals surface area contributed by atoms with Crippen LogP contribution in [0.5, 0.6) is 0 Å². The van der Waals surface area contributed by atoms with Gasteiger partial charge in [-0.05, 0) is 18.1 Å². The summed E-state index contributed by atoms with van der Waals surface area (Å²) in [5.74, 6) is -0.310. The van der Waals surface area contributed by atoms with Crippen molar-refractivity contribution in [1.29, 1.82) is 0 Å². The fraction of sp³-hybridized carbons (Fsp3) is 0.292. The van der Waals surface area contributed by atoms with Gasteiger partial charge in [-0.2, -0.15) is 0 Å². The Morgan fingerprint density at radius 3 is 2.36 bits per heavy atom. The van der Waals surface area contributed by atoms with Crippen LogP contribution in [0.2, 0.25) is 0 Å². The molecule has 2 aromatic carbocycles. The van der Waals surface area contributed by atoms with Crippen LogP contribution in [0, 0.1) is 0 Å². The summed E-state index contributed by atoms with van der Waals surface area (Å²) in [4.78, 5) is 38.4. The Hall–Kier alpha value is -3.85. The number of carbonyl (C=O) groups is 3. The molecule has 0 saturated heterocycles. The number of hydrogen-bond donors (Lipinski definition) is 5. The minimum absolute atomic E-state index is 0.0677. The number of hydrogen-bond acceptors (Lipinski definition) is 5. The molecule has 33 heavy (non-hydrogen) atoms. The third-order valence-corrected chi connectivity index (χ3v) is 5.81. The number of nitrogens with two attached hydrogens (primary N) is 1. The highest BCUT2D eigenvalue weighted by Gasteiger charge is 2.30. The lowest BCUT2D eigenvalue weighted by molar-refractivity contribution is -0.734. The standard InChI is InChI=1S/C24H28N6O3/c1-25-20(31)11-6-12-21(32)26-14-13-22(33)30-15-16-7-2-3-8-17(16)23-24(28-29-27-23)18-9-4-5-10-19(18)30/h2-5,7-10,27-29H,6,11-15H2,1H3,(H,25,31)(H,26,32)/p+1. The highest BCUT2D eigenvalue weighted by molar-refractivity contribution is 6.01. The van der Waals surface area contributed by atoms with Gasteiger partial charge >= 0.3 is 0 Å². The fourth-order valence-corrected chi connectivity index (χ4v) is 4.12. The molecule has 0 fully saturated rings. The van der Waals surface area contributed by atoms with Crippen LogP contribution < -0.4 is 31.9 Å². The van der Waals surface area contributed by atoms with Gasteiger partial charge in [0.15, 0.2) is 0 Å². The maximum Gasteiger partial charge on any atom is 0.229 e. The lowest BCUT2D eigenvalue weighted by Crippen LogP contribution is -2.96. The molecular weight excluding hydrogens is 420 g/mol. The first-order valence-corrected chi connectivity index (χ1v) is 11.1. The molecule has 172 valence electrons. The Kier molecular flexibility index (Phi) is 6.89. The molecule has 0 aliphatic carbocycles. The first-order chi connectivity index (χ1) is 16.1. The molecule has 0 radical (unpaired) electrons. The second-order valence-electron chi connectivity index (χ2n) is 7.96. The summed E-state index contributed by atoms with van der Waals surface area (Å²) in [7, 11) is 1.57. The van der Waals surface area contributed by atoms with Gasteiger partial charge in [0.2, 0.25) is 17.7 Å². The normalized spacial score (nSPS) is 14.0. The first-order valence-electron chi connectivity index (χ1n) is 11.1. The first kappa shape index (κ1) is 22.3. The molecule has 4 rings (SSSR count). The third kappa shape index (κ3) is 4.98. The number of nitrogens with one attached hydrogen (secondary N) is 4. The van der Waals surface area contributed by atoms with E-state index in [1.807, 2.05) is 48.5 Å². The van der Waals surface area contributed by atoms with Gasteiger partial charge in [0.1, 0.15) is 11.4 Å². The van der Waals surface area contributed by atoms with Crippen LogP contribution in [0.25, 0.3) is 11.4 Å². The van der Waals surface area contributed by atoms with E-state index >= 15 is 0 Å². The summed E-state index contributed by atoms with van der Waals surface area (Å²) in [5.41, 5.74) is 14.2. The van der Waals surface area contributed by atoms with Gasteiger partial charge < -0.3 is 15.5 Å². The summed E-state index contributed by atoms with van der Waals surface area (Å²) < 4.78 is 0. The number of quaternary nitrogens is 1. The lowest BCUT2D eigenvalue weighted by Gasteiger charge is -2.28. The van der Waals surface area contributed by atoms with Crippen molar-refractivity contribution >= 4 is 34.8 Å². The second kappa shape index (κ2) is 10.2. The van der Waals surface area contributed by atoms with E-state index in [0.29, 0.717) is 19.4 Å². The summed E-state index contributed by atoms with van der Waals surface area (Å²) in [5, 5.41) is 5.34. The Labute approximate surface area is 192 Å². The molecule has 3 amide bonds. The lowest BCUT2D eigenvalue weighted by atomic mass is 9.96. The maximum absolute atomic E-state index is 13.3. The summed E-state index contributed by atoms with van der Waals surface area (Å²) in [6, 6.07) is 15.9. The zero-order valence-corrected chi connectivity index (χ0v) is 18.6. The molecule has 2 aliphatic heterocycles. The van der Waals surface area contributed by atoms with Crippen molar-refractivity contribution in [2.24, 2.45) is 0 Å². The van der Waals surface area contributed by atoms with E-state index in [1.165, 1.54) is 0 Å². The molecule has 0 spiro atoms. The van der Waals surface area contributed by atoms with Crippen LogP contribution in [0.3, 0.4) is 0 Å². The van der Waals surface area contributed by atoms with Crippen molar-refractivity contribution in [3.8, 4) is 0 Å². The van der Waals surface area contributed by atoms with E-state index in [2.05, 4.69) is 21.5 Å². The zero-order valence-electron chi connectivity index (χ0n) is 18.6. The van der Waals surface area contributed by atoms with E-state index in [-0.39, 0.29) is 37.1 Å². The van der Waals surface area contributed by atoms with E-state index in [4.69, 9.17) is 0 Å². The fourth-order valence-electron chi connectivity index (χ4n) is 4.12. The summed E-state index contributed by atoms with van der Waals surface area (Å²) >= 11 is 0. The number of fused-ring (bicyclic) bond motifs is 4. The molecule has 6 N–H and O–H groups in total. The van der Waals surface area contributed by atoms with Crippen LogP contribution in [0.4, 0.5) is 5.69 Å². The summed E-state index contributed by atoms with van der Waals surface area (Å²) in [6.45, 7) is 0.685. The van der Waals surface area contributed by atoms with Crippen molar-refractivity contribution in [3.05, 3.63) is 65.2 Å². The molecule has 9 nitrogen and oxygen atoms in total. The maximum atomic E-state index is 13.3. The van der Waals surface area contributed by atoms with Crippen molar-refractivity contribution in [2.45, 2.75) is 32.2 Å². The number of benzene rings is 2. The van der Waals surface area contributed by atoms with Gasteiger partial charge in [0.25, 0.3) is 0 Å². The second-order valence-corrected chi connectivity index (χ2v) is 7.96. The molecule has 0 atom stereocenters. The number of nitrogens with zero attached hydrogens (tertiary/aromatic N) is 1. The molecule has 2 heterocycles. The Morgan fingerprint density at radius 1 is 0.909 bits per heavy atom. The van der Waals surface area contributed by atoms with Gasteiger partial charge in [-0.1, -0.05) is 42.5 Å². The molecule has 2 aliphatic rings. The smallest absolute Gasteiger partial charge is 0.229 e. The van der Waals surface area contributed by atoms with Gasteiger partial charge in [0.05, 0.1) is 12.2 Å². The zero-order chi connectivity index (χ0) is 23.2. The number of para-hydroxylation sites is 1. The largest absolute Gasteiger partial charge is 0.359 e. The van der Waals surface area contributed by atoms with Crippen molar-refractivity contribution in [3.63, 3.8) is 0 Å². The highest BCUT2D eigenvalue weighted by atomic mass is 16.2. The van der Waals surface area contributed by atoms with Crippen molar-refractivity contribution < 1.29 is 19.9 Å². The van der Waals surface area contributed by atoms with Gasteiger partial charge in [-0.3, -0.25) is 14.4 Å². The minimum Gasteiger partial charge on any atom is -0.359 e. The molecular formula is C24H29N6O3+. The number of amides is 3. The molecule has 0 bridgehead atoms. The number of rotatable bonds is 7. The Bertz CT molecular complexity index is 1100. The van der Waals surface area contributed by atoms with Crippen molar-refractivity contribution in [1.82, 2.24) is 21.5 Å². The van der Waals surface area contributed by atoms with Crippen LogP contribution in [0.15, 0.2) is 48.5 Å². The predicted octanol–water partition coefficient (Wildman–Crippen LogP) is 0.368. The predicted molar refractivity (Wildman–Crippen MR) is 125 cm³/mol. The number of anilines is 1. The van der Waals surface area contributed by atoms with Gasteiger partial charge in [-0.25, -0.2) is 10.9 Å². The van der Waals surface area contributed by atoms with Crippen LogP contribution in [0.1, 0.15) is 42.4 Å². The monoisotopic (exact) mass is 449 g/mol. The van der Waals surface area contributed by atoms with Crippen LogP contribution >= 0.6 is 0 Å². The average molecular weight is 450 g/mol. The molecule has 9 heteroatoms. The van der Waals surface area contributed by atoms with Gasteiger partial charge in [0, 0.05) is 44.0 Å². The number of carbonyl (C=O) groups excluding carboxylic acids is 3. The quantitative estimate of drug-likeness (QED) is 0.391. The van der Waals surface area contributed by atoms with E-state index in [9.17, 15) is 14.4 Å². The van der Waals surface area contributed by atoms with Crippen LogP contribution in [-0.4, -0.2) is 31.3 Å².